The lowest BCUT2D eigenvalue weighted by atomic mass is 10.1. The second kappa shape index (κ2) is 9.30. The summed E-state index contributed by atoms with van der Waals surface area (Å²) in [6.07, 6.45) is 0. The maximum absolute atomic E-state index is 11.9. The van der Waals surface area contributed by atoms with Crippen molar-refractivity contribution in [1.29, 1.82) is 0 Å². The fourth-order valence-electron chi connectivity index (χ4n) is 1.78. The summed E-state index contributed by atoms with van der Waals surface area (Å²) in [7, 11) is 3.55. The molecule has 1 N–H and O–H groups in total. The number of rotatable bonds is 9. The Morgan fingerprint density at radius 1 is 1.18 bits per heavy atom. The Kier molecular flexibility index (Phi) is 7.74. The SMILES string of the molecule is COc1ccc(OCCN(C)CC(=O)NC(C)C(C)C)cc1. The van der Waals surface area contributed by atoms with Crippen molar-refractivity contribution in [2.24, 2.45) is 5.92 Å². The Balaban J connectivity index is 2.24. The average molecular weight is 308 g/mol. The van der Waals surface area contributed by atoms with Crippen molar-refractivity contribution in [3.8, 4) is 11.5 Å². The number of likely N-dealkylation sites (N-methyl/N-ethyl adjacent to an activating group) is 1. The van der Waals surface area contributed by atoms with E-state index in [1.807, 2.05) is 43.1 Å². The molecule has 0 bridgehead atoms. The number of carbonyl (C=O) groups is 1. The number of ether oxygens (including phenoxy) is 2. The molecule has 0 aliphatic heterocycles. The van der Waals surface area contributed by atoms with Crippen LogP contribution in [0, 0.1) is 5.92 Å². The molecule has 5 heteroatoms. The minimum Gasteiger partial charge on any atom is -0.497 e. The van der Waals surface area contributed by atoms with E-state index in [9.17, 15) is 4.79 Å². The summed E-state index contributed by atoms with van der Waals surface area (Å²) in [5, 5.41) is 3.00. The first-order valence-electron chi connectivity index (χ1n) is 7.67. The summed E-state index contributed by atoms with van der Waals surface area (Å²) >= 11 is 0. The van der Waals surface area contributed by atoms with Crippen molar-refractivity contribution in [3.05, 3.63) is 24.3 Å². The van der Waals surface area contributed by atoms with Gasteiger partial charge in [-0.2, -0.15) is 0 Å². The molecule has 0 heterocycles. The van der Waals surface area contributed by atoms with Crippen LogP contribution in [0.5, 0.6) is 11.5 Å². The molecule has 124 valence electrons. The van der Waals surface area contributed by atoms with Gasteiger partial charge in [0.1, 0.15) is 18.1 Å². The lowest BCUT2D eigenvalue weighted by molar-refractivity contribution is -0.122. The molecule has 22 heavy (non-hydrogen) atoms. The molecule has 5 nitrogen and oxygen atoms in total. The lowest BCUT2D eigenvalue weighted by Crippen LogP contribution is -2.42. The van der Waals surface area contributed by atoms with Crippen LogP contribution in [0.4, 0.5) is 0 Å². The molecule has 1 unspecified atom stereocenters. The van der Waals surface area contributed by atoms with Gasteiger partial charge in [-0.25, -0.2) is 0 Å². The highest BCUT2D eigenvalue weighted by Gasteiger charge is 2.12. The molecule has 1 atom stereocenters. The van der Waals surface area contributed by atoms with E-state index in [4.69, 9.17) is 9.47 Å². The number of hydrogen-bond acceptors (Lipinski definition) is 4. The minimum absolute atomic E-state index is 0.0492. The number of benzene rings is 1. The summed E-state index contributed by atoms with van der Waals surface area (Å²) in [6.45, 7) is 7.82. The van der Waals surface area contributed by atoms with E-state index in [1.165, 1.54) is 0 Å². The Hall–Kier alpha value is -1.75. The molecule has 0 aliphatic rings. The molecule has 0 saturated heterocycles. The first kappa shape index (κ1) is 18.3. The van der Waals surface area contributed by atoms with Crippen LogP contribution in [-0.2, 0) is 4.79 Å². The molecule has 0 fully saturated rings. The highest BCUT2D eigenvalue weighted by Crippen LogP contribution is 2.16. The average Bonchev–Trinajstić information content (AvgIpc) is 2.47. The maximum atomic E-state index is 11.9. The number of nitrogens with zero attached hydrogens (tertiary/aromatic N) is 1. The van der Waals surface area contributed by atoms with Crippen molar-refractivity contribution in [3.63, 3.8) is 0 Å². The van der Waals surface area contributed by atoms with Gasteiger partial charge >= 0.3 is 0 Å². The van der Waals surface area contributed by atoms with Crippen LogP contribution in [0.3, 0.4) is 0 Å². The molecule has 1 aromatic rings. The zero-order chi connectivity index (χ0) is 16.5. The van der Waals surface area contributed by atoms with Gasteiger partial charge < -0.3 is 14.8 Å². The Labute approximate surface area is 133 Å². The fraction of sp³-hybridized carbons (Fsp3) is 0.588. The minimum atomic E-state index is 0.0492. The molecule has 0 saturated carbocycles. The summed E-state index contributed by atoms with van der Waals surface area (Å²) in [6, 6.07) is 7.65. The second-order valence-corrected chi connectivity index (χ2v) is 5.86. The zero-order valence-electron chi connectivity index (χ0n) is 14.3. The molecular formula is C17H28N2O3. The van der Waals surface area contributed by atoms with Crippen molar-refractivity contribution >= 4 is 5.91 Å². The molecule has 1 amide bonds. The van der Waals surface area contributed by atoms with Crippen molar-refractivity contribution in [2.45, 2.75) is 26.8 Å². The van der Waals surface area contributed by atoms with Gasteiger partial charge in [0, 0.05) is 12.6 Å². The largest absolute Gasteiger partial charge is 0.497 e. The summed E-state index contributed by atoms with van der Waals surface area (Å²) in [5.74, 6) is 2.09. The van der Waals surface area contributed by atoms with Gasteiger partial charge in [-0.15, -0.1) is 0 Å². The van der Waals surface area contributed by atoms with Crippen LogP contribution in [0.25, 0.3) is 0 Å². The van der Waals surface area contributed by atoms with Gasteiger partial charge in [-0.05, 0) is 44.2 Å². The van der Waals surface area contributed by atoms with Crippen LogP contribution >= 0.6 is 0 Å². The fourth-order valence-corrected chi connectivity index (χ4v) is 1.78. The Morgan fingerprint density at radius 3 is 2.32 bits per heavy atom. The van der Waals surface area contributed by atoms with Gasteiger partial charge in [0.25, 0.3) is 0 Å². The predicted molar refractivity (Wildman–Crippen MR) is 88.4 cm³/mol. The van der Waals surface area contributed by atoms with Crippen molar-refractivity contribution < 1.29 is 14.3 Å². The van der Waals surface area contributed by atoms with E-state index in [0.29, 0.717) is 25.6 Å². The predicted octanol–water partition coefficient (Wildman–Crippen LogP) is 2.17. The highest BCUT2D eigenvalue weighted by molar-refractivity contribution is 5.78. The number of amides is 1. The van der Waals surface area contributed by atoms with Crippen LogP contribution in [0.15, 0.2) is 24.3 Å². The molecule has 1 rings (SSSR count). The van der Waals surface area contributed by atoms with Crippen LogP contribution in [0.2, 0.25) is 0 Å². The third kappa shape index (κ3) is 6.80. The molecular weight excluding hydrogens is 280 g/mol. The topological polar surface area (TPSA) is 50.8 Å². The maximum Gasteiger partial charge on any atom is 0.234 e. The lowest BCUT2D eigenvalue weighted by Gasteiger charge is -2.21. The van der Waals surface area contributed by atoms with Gasteiger partial charge in [-0.1, -0.05) is 13.8 Å². The van der Waals surface area contributed by atoms with Gasteiger partial charge in [0.2, 0.25) is 5.91 Å². The number of carbonyl (C=O) groups excluding carboxylic acids is 1. The molecule has 0 aromatic heterocycles. The van der Waals surface area contributed by atoms with Crippen LogP contribution in [0.1, 0.15) is 20.8 Å². The molecule has 1 aromatic carbocycles. The van der Waals surface area contributed by atoms with Gasteiger partial charge in [0.05, 0.1) is 13.7 Å². The molecule has 0 spiro atoms. The summed E-state index contributed by atoms with van der Waals surface area (Å²) in [5.41, 5.74) is 0. The quantitative estimate of drug-likeness (QED) is 0.759. The standard InChI is InChI=1S/C17H28N2O3/c1-13(2)14(3)18-17(20)12-19(4)10-11-22-16-8-6-15(21-5)7-9-16/h6-9,13-14H,10-12H2,1-5H3,(H,18,20). The molecule has 0 aliphatic carbocycles. The van der Waals surface area contributed by atoms with E-state index >= 15 is 0 Å². The summed E-state index contributed by atoms with van der Waals surface area (Å²) in [4.78, 5) is 13.8. The third-order valence-corrected chi connectivity index (χ3v) is 3.60. The Bertz CT molecular complexity index is 446. The number of methoxy groups -OCH3 is 1. The van der Waals surface area contributed by atoms with Crippen LogP contribution in [-0.4, -0.2) is 50.7 Å². The smallest absolute Gasteiger partial charge is 0.234 e. The van der Waals surface area contributed by atoms with E-state index in [0.717, 1.165) is 11.5 Å². The number of hydrogen-bond donors (Lipinski definition) is 1. The van der Waals surface area contributed by atoms with E-state index in [-0.39, 0.29) is 11.9 Å². The molecule has 0 radical (unpaired) electrons. The van der Waals surface area contributed by atoms with Crippen LogP contribution < -0.4 is 14.8 Å². The van der Waals surface area contributed by atoms with E-state index in [1.54, 1.807) is 7.11 Å². The third-order valence-electron chi connectivity index (χ3n) is 3.60. The second-order valence-electron chi connectivity index (χ2n) is 5.86. The first-order chi connectivity index (χ1) is 10.4. The Morgan fingerprint density at radius 2 is 1.77 bits per heavy atom. The van der Waals surface area contributed by atoms with E-state index in [2.05, 4.69) is 19.2 Å². The normalized spacial score (nSPS) is 12.3. The highest BCUT2D eigenvalue weighted by atomic mass is 16.5. The van der Waals surface area contributed by atoms with Gasteiger partial charge in [0.15, 0.2) is 0 Å². The number of nitrogens with one attached hydrogen (secondary N) is 1. The van der Waals surface area contributed by atoms with E-state index < -0.39 is 0 Å². The first-order valence-corrected chi connectivity index (χ1v) is 7.67. The van der Waals surface area contributed by atoms with Crippen molar-refractivity contribution in [1.82, 2.24) is 10.2 Å². The summed E-state index contributed by atoms with van der Waals surface area (Å²) < 4.78 is 10.7. The monoisotopic (exact) mass is 308 g/mol. The zero-order valence-corrected chi connectivity index (χ0v) is 14.3. The van der Waals surface area contributed by atoms with Crippen molar-refractivity contribution in [2.75, 3.05) is 33.9 Å². The van der Waals surface area contributed by atoms with Gasteiger partial charge in [-0.3, -0.25) is 9.69 Å².